The molecule has 0 unspecified atom stereocenters. The van der Waals surface area contributed by atoms with Crippen molar-refractivity contribution in [1.29, 1.82) is 0 Å². The van der Waals surface area contributed by atoms with Gasteiger partial charge in [-0.2, -0.15) is 5.10 Å². The molecule has 0 bridgehead atoms. The number of rotatable bonds is 14. The molecule has 0 atom stereocenters. The van der Waals surface area contributed by atoms with Gasteiger partial charge in [-0.25, -0.2) is 9.78 Å². The van der Waals surface area contributed by atoms with Gasteiger partial charge in [0.2, 0.25) is 5.95 Å². The van der Waals surface area contributed by atoms with Crippen LogP contribution in [0.2, 0.25) is 0 Å². The molecule has 0 saturated carbocycles. The van der Waals surface area contributed by atoms with E-state index in [1.54, 1.807) is 22.9 Å². The van der Waals surface area contributed by atoms with Crippen LogP contribution >= 0.6 is 0 Å². The third kappa shape index (κ3) is 8.46. The molecular formula is C36H39N7O5. The summed E-state index contributed by atoms with van der Waals surface area (Å²) in [5, 5.41) is 13.0. The molecule has 2 aromatic heterocycles. The molecule has 5 rings (SSSR count). The molecular weight excluding hydrogens is 610 g/mol. The Hall–Kier alpha value is -5.91. The highest BCUT2D eigenvalue weighted by Crippen LogP contribution is 2.31. The third-order valence-corrected chi connectivity index (χ3v) is 7.48. The van der Waals surface area contributed by atoms with Gasteiger partial charge in [0.1, 0.15) is 23.6 Å². The Kier molecular flexibility index (Phi) is 11.2. The largest absolute Gasteiger partial charge is 0.494 e. The van der Waals surface area contributed by atoms with Gasteiger partial charge in [-0.1, -0.05) is 72.8 Å². The molecule has 0 spiro atoms. The van der Waals surface area contributed by atoms with Gasteiger partial charge in [0.25, 0.3) is 11.8 Å². The van der Waals surface area contributed by atoms with Gasteiger partial charge in [0, 0.05) is 31.7 Å². The number of carbonyl (C=O) groups is 3. The van der Waals surface area contributed by atoms with E-state index in [1.165, 1.54) is 7.11 Å². The van der Waals surface area contributed by atoms with Crippen molar-refractivity contribution in [2.75, 3.05) is 25.5 Å². The summed E-state index contributed by atoms with van der Waals surface area (Å²) in [7, 11) is 1.52. The molecule has 0 aliphatic rings. The Morgan fingerprint density at radius 2 is 1.69 bits per heavy atom. The Morgan fingerprint density at radius 3 is 2.42 bits per heavy atom. The van der Waals surface area contributed by atoms with Crippen molar-refractivity contribution in [2.24, 2.45) is 0 Å². The molecule has 0 radical (unpaired) electrons. The van der Waals surface area contributed by atoms with Crippen molar-refractivity contribution in [1.82, 2.24) is 30.0 Å². The Bertz CT molecular complexity index is 1900. The second-order valence-electron chi connectivity index (χ2n) is 10.9. The maximum absolute atomic E-state index is 13.4. The summed E-state index contributed by atoms with van der Waals surface area (Å²) in [6.07, 6.45) is 3.77. The number of fused-ring (bicyclic) bond motifs is 1. The van der Waals surface area contributed by atoms with Crippen LogP contribution in [0.15, 0.2) is 84.9 Å². The first-order valence-corrected chi connectivity index (χ1v) is 15.7. The number of aryl methyl sites for hydroxylation is 3. The lowest BCUT2D eigenvalue weighted by Crippen LogP contribution is -2.26. The SMILES string of the molecule is CCn1nc(C)cc1C(=O)Nc1nc2cc(C(=O)NC/C=C/c3ccccc3)cc(OC)c2n1CCCNC(=O)OCc1ccccc1. The highest BCUT2D eigenvalue weighted by molar-refractivity contribution is 6.04. The number of carbonyl (C=O) groups excluding carboxylic acids is 3. The number of nitrogens with zero attached hydrogens (tertiary/aromatic N) is 4. The van der Waals surface area contributed by atoms with Gasteiger partial charge in [0.15, 0.2) is 0 Å². The van der Waals surface area contributed by atoms with Gasteiger partial charge in [-0.05, 0) is 49.6 Å². The van der Waals surface area contributed by atoms with E-state index in [2.05, 4.69) is 21.0 Å². The molecule has 12 heteroatoms. The zero-order valence-electron chi connectivity index (χ0n) is 27.2. The number of nitrogens with one attached hydrogen (secondary N) is 3. The van der Waals surface area contributed by atoms with Gasteiger partial charge in [-0.3, -0.25) is 19.6 Å². The Balaban J connectivity index is 1.34. The predicted octanol–water partition coefficient (Wildman–Crippen LogP) is 5.58. The standard InChI is InChI=1S/C36H39N7O5/c1-4-43-30(21-25(2)41-43)34(45)40-35-39-29-22-28(33(44)37-18-11-17-26-13-7-5-8-14-26)23-31(47-3)32(29)42(35)20-12-19-38-36(46)48-24-27-15-9-6-10-16-27/h5-11,13-17,21-23H,4,12,18-20,24H2,1-3H3,(H,37,44)(H,38,46)(H,39,40,45)/b17-11+. The van der Waals surface area contributed by atoms with Crippen molar-refractivity contribution >= 4 is 41.0 Å². The minimum absolute atomic E-state index is 0.166. The van der Waals surface area contributed by atoms with Crippen LogP contribution in [-0.2, 0) is 24.4 Å². The van der Waals surface area contributed by atoms with E-state index in [-0.39, 0.29) is 24.4 Å². The summed E-state index contributed by atoms with van der Waals surface area (Å²) < 4.78 is 14.5. The number of anilines is 1. The Labute approximate surface area is 278 Å². The van der Waals surface area contributed by atoms with E-state index in [0.29, 0.717) is 60.6 Å². The highest BCUT2D eigenvalue weighted by Gasteiger charge is 2.22. The van der Waals surface area contributed by atoms with E-state index >= 15 is 0 Å². The maximum Gasteiger partial charge on any atom is 0.407 e. The summed E-state index contributed by atoms with van der Waals surface area (Å²) in [5.74, 6) is 0.00677. The molecule has 0 fully saturated rings. The van der Waals surface area contributed by atoms with Crippen LogP contribution in [0.3, 0.4) is 0 Å². The molecule has 3 amide bonds. The van der Waals surface area contributed by atoms with Crippen molar-refractivity contribution in [3.63, 3.8) is 0 Å². The fourth-order valence-electron chi connectivity index (χ4n) is 5.18. The second kappa shape index (κ2) is 16.1. The number of ether oxygens (including phenoxy) is 2. The molecule has 12 nitrogen and oxygen atoms in total. The lowest BCUT2D eigenvalue weighted by molar-refractivity contribution is 0.0956. The van der Waals surface area contributed by atoms with E-state index in [4.69, 9.17) is 14.5 Å². The fraction of sp³-hybridized carbons (Fsp3) is 0.250. The van der Waals surface area contributed by atoms with Gasteiger partial charge in [-0.15, -0.1) is 0 Å². The molecule has 3 N–H and O–H groups in total. The molecule has 0 aliphatic heterocycles. The number of hydrogen-bond acceptors (Lipinski definition) is 7. The van der Waals surface area contributed by atoms with Crippen molar-refractivity contribution < 1.29 is 23.9 Å². The van der Waals surface area contributed by atoms with Crippen LogP contribution in [0.5, 0.6) is 5.75 Å². The van der Waals surface area contributed by atoms with Crippen molar-refractivity contribution in [2.45, 2.75) is 40.0 Å². The minimum Gasteiger partial charge on any atom is -0.494 e. The summed E-state index contributed by atoms with van der Waals surface area (Å²) in [6.45, 7) is 5.42. The first-order valence-electron chi connectivity index (χ1n) is 15.7. The zero-order valence-corrected chi connectivity index (χ0v) is 27.2. The van der Waals surface area contributed by atoms with Crippen molar-refractivity contribution in [3.05, 3.63) is 113 Å². The number of alkyl carbamates (subject to hydrolysis) is 1. The van der Waals surface area contributed by atoms with E-state index < -0.39 is 6.09 Å². The predicted molar refractivity (Wildman–Crippen MR) is 184 cm³/mol. The van der Waals surface area contributed by atoms with Crippen LogP contribution in [0.1, 0.15) is 51.0 Å². The van der Waals surface area contributed by atoms with E-state index in [1.807, 2.05) is 91.2 Å². The fourth-order valence-corrected chi connectivity index (χ4v) is 5.18. The number of methoxy groups -OCH3 is 1. The van der Waals surface area contributed by atoms with Crippen LogP contribution < -0.4 is 20.7 Å². The average molecular weight is 650 g/mol. The number of benzene rings is 3. The smallest absolute Gasteiger partial charge is 0.407 e. The summed E-state index contributed by atoms with van der Waals surface area (Å²) in [5.41, 5.74) is 4.46. The first kappa shape index (κ1) is 33.5. The Morgan fingerprint density at radius 1 is 0.938 bits per heavy atom. The second-order valence-corrected chi connectivity index (χ2v) is 10.9. The molecule has 0 saturated heterocycles. The zero-order chi connectivity index (χ0) is 33.9. The summed E-state index contributed by atoms with van der Waals surface area (Å²) in [4.78, 5) is 43.6. The molecule has 48 heavy (non-hydrogen) atoms. The van der Waals surface area contributed by atoms with E-state index in [9.17, 15) is 14.4 Å². The van der Waals surface area contributed by atoms with Crippen LogP contribution in [0, 0.1) is 6.92 Å². The number of hydrogen-bond donors (Lipinski definition) is 3. The molecule has 5 aromatic rings. The lowest BCUT2D eigenvalue weighted by Gasteiger charge is -2.13. The maximum atomic E-state index is 13.4. The lowest BCUT2D eigenvalue weighted by atomic mass is 10.1. The summed E-state index contributed by atoms with van der Waals surface area (Å²) in [6, 6.07) is 24.3. The first-order chi connectivity index (χ1) is 23.4. The average Bonchev–Trinajstić information content (AvgIpc) is 3.67. The van der Waals surface area contributed by atoms with Gasteiger partial charge >= 0.3 is 6.09 Å². The number of amides is 3. The van der Waals surface area contributed by atoms with Crippen LogP contribution in [0.4, 0.5) is 10.7 Å². The quantitative estimate of drug-likeness (QED) is 0.133. The van der Waals surface area contributed by atoms with Gasteiger partial charge < -0.3 is 24.7 Å². The van der Waals surface area contributed by atoms with Crippen LogP contribution in [0.25, 0.3) is 17.1 Å². The topological polar surface area (TPSA) is 141 Å². The number of aromatic nitrogens is 4. The van der Waals surface area contributed by atoms with Crippen molar-refractivity contribution in [3.8, 4) is 5.75 Å². The molecule has 248 valence electrons. The van der Waals surface area contributed by atoms with Gasteiger partial charge in [0.05, 0.1) is 18.3 Å². The molecule has 2 heterocycles. The molecule has 3 aromatic carbocycles. The summed E-state index contributed by atoms with van der Waals surface area (Å²) >= 11 is 0. The highest BCUT2D eigenvalue weighted by atomic mass is 16.5. The third-order valence-electron chi connectivity index (χ3n) is 7.48. The van der Waals surface area contributed by atoms with E-state index in [0.717, 1.165) is 16.8 Å². The normalized spacial score (nSPS) is 11.1. The minimum atomic E-state index is -0.530. The number of imidazole rings is 1. The monoisotopic (exact) mass is 649 g/mol. The van der Waals surface area contributed by atoms with Crippen LogP contribution in [-0.4, -0.2) is 57.4 Å². The molecule has 0 aliphatic carbocycles.